The van der Waals surface area contributed by atoms with E-state index in [1.54, 1.807) is 36.1 Å². The normalized spacial score (nSPS) is 21.1. The van der Waals surface area contributed by atoms with Crippen LogP contribution in [0.25, 0.3) is 0 Å². The second kappa shape index (κ2) is 5.82. The van der Waals surface area contributed by atoms with Crippen molar-refractivity contribution < 1.29 is 14.7 Å². The minimum Gasteiger partial charge on any atom is -0.387 e. The summed E-state index contributed by atoms with van der Waals surface area (Å²) < 4.78 is 0. The number of rotatable bonds is 3. The molecule has 2 N–H and O–H groups in total. The van der Waals surface area contributed by atoms with E-state index in [-0.39, 0.29) is 24.9 Å². The molecule has 1 aliphatic heterocycles. The summed E-state index contributed by atoms with van der Waals surface area (Å²) in [5.41, 5.74) is 1.16. The third kappa shape index (κ3) is 3.02. The van der Waals surface area contributed by atoms with Crippen LogP contribution in [-0.2, 0) is 9.59 Å². The number of imide groups is 1. The molecule has 0 spiro atoms. The molecule has 2 amide bonds. The Morgan fingerprint density at radius 1 is 1.45 bits per heavy atom. The average molecular weight is 273 g/mol. The van der Waals surface area contributed by atoms with Crippen molar-refractivity contribution in [1.29, 1.82) is 5.26 Å². The van der Waals surface area contributed by atoms with E-state index < -0.39 is 12.1 Å². The number of aliphatic hydroxyl groups is 1. The molecule has 1 aromatic carbocycles. The van der Waals surface area contributed by atoms with Crippen molar-refractivity contribution in [3.8, 4) is 6.07 Å². The van der Waals surface area contributed by atoms with Crippen molar-refractivity contribution in [1.82, 2.24) is 10.2 Å². The van der Waals surface area contributed by atoms with Crippen LogP contribution >= 0.6 is 0 Å². The van der Waals surface area contributed by atoms with E-state index in [1.165, 1.54) is 0 Å². The Morgan fingerprint density at radius 3 is 2.70 bits per heavy atom. The summed E-state index contributed by atoms with van der Waals surface area (Å²) in [6.07, 6.45) is -0.816. The Bertz CT molecular complexity index is 562. The van der Waals surface area contributed by atoms with Crippen LogP contribution in [0.15, 0.2) is 24.3 Å². The Kier molecular flexibility index (Phi) is 4.13. The van der Waals surface area contributed by atoms with Crippen LogP contribution in [0.2, 0.25) is 0 Å². The van der Waals surface area contributed by atoms with Gasteiger partial charge in [-0.3, -0.25) is 19.8 Å². The first-order valence-corrected chi connectivity index (χ1v) is 6.27. The molecule has 2 atom stereocenters. The molecular weight excluding hydrogens is 258 g/mol. The summed E-state index contributed by atoms with van der Waals surface area (Å²) in [6.45, 7) is 1.96. The highest BCUT2D eigenvalue weighted by Gasteiger charge is 2.31. The smallest absolute Gasteiger partial charge is 0.243 e. The fourth-order valence-corrected chi connectivity index (χ4v) is 2.10. The third-order valence-corrected chi connectivity index (χ3v) is 3.37. The zero-order valence-corrected chi connectivity index (χ0v) is 11.0. The van der Waals surface area contributed by atoms with E-state index in [4.69, 9.17) is 5.26 Å². The Balaban J connectivity index is 2.06. The average Bonchev–Trinajstić information content (AvgIpc) is 2.44. The number of β-amino-alcohol motifs (C(OH)–C–C–N with tert-alkyl or cyclic N) is 1. The van der Waals surface area contributed by atoms with Crippen LogP contribution in [-0.4, -0.2) is 41.0 Å². The van der Waals surface area contributed by atoms with E-state index in [0.717, 1.165) is 0 Å². The number of piperazine rings is 1. The summed E-state index contributed by atoms with van der Waals surface area (Å²) in [6, 6.07) is 8.12. The maximum atomic E-state index is 11.5. The molecule has 1 fully saturated rings. The van der Waals surface area contributed by atoms with Gasteiger partial charge in [0, 0.05) is 6.54 Å². The summed E-state index contributed by atoms with van der Waals surface area (Å²) in [5, 5.41) is 21.1. The molecule has 2 rings (SSSR count). The number of aliphatic hydroxyl groups excluding tert-OH is 1. The summed E-state index contributed by atoms with van der Waals surface area (Å²) >= 11 is 0. The number of nitriles is 1. The zero-order chi connectivity index (χ0) is 14.7. The first-order chi connectivity index (χ1) is 9.51. The zero-order valence-electron chi connectivity index (χ0n) is 11.0. The first kappa shape index (κ1) is 14.2. The number of carbonyl (C=O) groups is 2. The Morgan fingerprint density at radius 2 is 2.10 bits per heavy atom. The predicted octanol–water partition coefficient (Wildman–Crippen LogP) is -0.0614. The number of nitrogens with one attached hydrogen (secondary N) is 1. The largest absolute Gasteiger partial charge is 0.387 e. The monoisotopic (exact) mass is 273 g/mol. The SMILES string of the molecule is CC1C(=O)NC(=O)CN1CC(O)c1ccc(C#N)cc1. The molecule has 104 valence electrons. The van der Waals surface area contributed by atoms with Gasteiger partial charge in [-0.2, -0.15) is 5.26 Å². The van der Waals surface area contributed by atoms with E-state index in [2.05, 4.69) is 5.32 Å². The highest BCUT2D eigenvalue weighted by atomic mass is 16.3. The number of carbonyl (C=O) groups excluding carboxylic acids is 2. The lowest BCUT2D eigenvalue weighted by Crippen LogP contribution is -2.57. The standard InChI is InChI=1S/C14H15N3O3/c1-9-14(20)16-13(19)8-17(9)7-12(18)11-4-2-10(6-15)3-5-11/h2-5,9,12,18H,7-8H2,1H3,(H,16,19,20). The van der Waals surface area contributed by atoms with Gasteiger partial charge >= 0.3 is 0 Å². The third-order valence-electron chi connectivity index (χ3n) is 3.37. The molecule has 20 heavy (non-hydrogen) atoms. The van der Waals surface area contributed by atoms with Crippen molar-refractivity contribution in [3.63, 3.8) is 0 Å². The molecule has 6 heteroatoms. The van der Waals surface area contributed by atoms with Gasteiger partial charge in [0.15, 0.2) is 0 Å². The number of amides is 2. The highest BCUT2D eigenvalue weighted by Crippen LogP contribution is 2.17. The number of benzene rings is 1. The predicted molar refractivity (Wildman–Crippen MR) is 70.3 cm³/mol. The Hall–Kier alpha value is -2.23. The van der Waals surface area contributed by atoms with Gasteiger partial charge in [0.1, 0.15) is 0 Å². The molecule has 0 bridgehead atoms. The summed E-state index contributed by atoms with van der Waals surface area (Å²) in [7, 11) is 0. The lowest BCUT2D eigenvalue weighted by molar-refractivity contribution is -0.140. The lowest BCUT2D eigenvalue weighted by atomic mass is 10.1. The molecular formula is C14H15N3O3. The summed E-state index contributed by atoms with van der Waals surface area (Å²) in [4.78, 5) is 24.5. The second-order valence-electron chi connectivity index (χ2n) is 4.77. The molecule has 1 saturated heterocycles. The van der Waals surface area contributed by atoms with Gasteiger partial charge in [-0.1, -0.05) is 12.1 Å². The minimum absolute atomic E-state index is 0.0836. The topological polar surface area (TPSA) is 93.4 Å². The van der Waals surface area contributed by atoms with E-state index >= 15 is 0 Å². The first-order valence-electron chi connectivity index (χ1n) is 6.27. The van der Waals surface area contributed by atoms with Crippen molar-refractivity contribution >= 4 is 11.8 Å². The quantitative estimate of drug-likeness (QED) is 0.752. The van der Waals surface area contributed by atoms with Gasteiger partial charge in [-0.25, -0.2) is 0 Å². The van der Waals surface area contributed by atoms with Crippen LogP contribution in [0, 0.1) is 11.3 Å². The number of hydrogen-bond acceptors (Lipinski definition) is 5. The number of nitrogens with zero attached hydrogens (tertiary/aromatic N) is 2. The molecule has 1 aromatic rings. The van der Waals surface area contributed by atoms with Crippen molar-refractivity contribution in [2.75, 3.05) is 13.1 Å². The lowest BCUT2D eigenvalue weighted by Gasteiger charge is -2.33. The number of hydrogen-bond donors (Lipinski definition) is 2. The molecule has 0 aromatic heterocycles. The molecule has 6 nitrogen and oxygen atoms in total. The maximum absolute atomic E-state index is 11.5. The van der Waals surface area contributed by atoms with Crippen LogP contribution in [0.5, 0.6) is 0 Å². The van der Waals surface area contributed by atoms with Crippen molar-refractivity contribution in [2.24, 2.45) is 0 Å². The van der Waals surface area contributed by atoms with E-state index in [1.807, 2.05) is 6.07 Å². The minimum atomic E-state index is -0.816. The van der Waals surface area contributed by atoms with Crippen LogP contribution in [0.1, 0.15) is 24.2 Å². The fourth-order valence-electron chi connectivity index (χ4n) is 2.10. The highest BCUT2D eigenvalue weighted by molar-refractivity contribution is 6.00. The van der Waals surface area contributed by atoms with Crippen LogP contribution in [0.3, 0.4) is 0 Å². The molecule has 0 saturated carbocycles. The van der Waals surface area contributed by atoms with E-state index in [0.29, 0.717) is 11.1 Å². The molecule has 0 aliphatic carbocycles. The molecule has 1 aliphatic rings. The van der Waals surface area contributed by atoms with Gasteiger partial charge in [-0.15, -0.1) is 0 Å². The Labute approximate surface area is 116 Å². The second-order valence-corrected chi connectivity index (χ2v) is 4.77. The van der Waals surface area contributed by atoms with Gasteiger partial charge in [0.05, 0.1) is 30.3 Å². The maximum Gasteiger partial charge on any atom is 0.243 e. The van der Waals surface area contributed by atoms with E-state index in [9.17, 15) is 14.7 Å². The fraction of sp³-hybridized carbons (Fsp3) is 0.357. The van der Waals surface area contributed by atoms with Gasteiger partial charge in [0.2, 0.25) is 11.8 Å². The van der Waals surface area contributed by atoms with Gasteiger partial charge in [0.25, 0.3) is 0 Å². The summed E-state index contributed by atoms with van der Waals surface area (Å²) in [5.74, 6) is -0.714. The van der Waals surface area contributed by atoms with Gasteiger partial charge in [-0.05, 0) is 24.6 Å². The van der Waals surface area contributed by atoms with Crippen molar-refractivity contribution in [2.45, 2.75) is 19.1 Å². The van der Waals surface area contributed by atoms with Crippen LogP contribution < -0.4 is 5.32 Å². The van der Waals surface area contributed by atoms with Gasteiger partial charge < -0.3 is 5.11 Å². The molecule has 0 radical (unpaired) electrons. The van der Waals surface area contributed by atoms with Crippen molar-refractivity contribution in [3.05, 3.63) is 35.4 Å². The molecule has 2 unspecified atom stereocenters. The van der Waals surface area contributed by atoms with Crippen LogP contribution in [0.4, 0.5) is 0 Å². The molecule has 1 heterocycles.